The summed E-state index contributed by atoms with van der Waals surface area (Å²) in [5, 5.41) is 2.84. The molecule has 1 aromatic carbocycles. The van der Waals surface area contributed by atoms with Crippen molar-refractivity contribution in [1.82, 2.24) is 10.2 Å². The number of hydrogen-bond acceptors (Lipinski definition) is 4. The second-order valence-electron chi connectivity index (χ2n) is 4.57. The summed E-state index contributed by atoms with van der Waals surface area (Å²) in [7, 11) is 1.62. The van der Waals surface area contributed by atoms with Crippen LogP contribution in [-0.2, 0) is 11.3 Å². The Morgan fingerprint density at radius 3 is 3.00 bits per heavy atom. The second kappa shape index (κ2) is 6.33. The molecule has 0 bridgehead atoms. The molecule has 5 nitrogen and oxygen atoms in total. The highest BCUT2D eigenvalue weighted by Gasteiger charge is 2.15. The van der Waals surface area contributed by atoms with Crippen molar-refractivity contribution in [1.29, 1.82) is 0 Å². The predicted octanol–water partition coefficient (Wildman–Crippen LogP) is 0.830. The molecule has 0 radical (unpaired) electrons. The van der Waals surface area contributed by atoms with Crippen molar-refractivity contribution in [3.63, 3.8) is 0 Å². The molecule has 1 fully saturated rings. The van der Waals surface area contributed by atoms with Crippen molar-refractivity contribution in [3.8, 4) is 5.75 Å². The van der Waals surface area contributed by atoms with E-state index in [0.29, 0.717) is 25.1 Å². The van der Waals surface area contributed by atoms with Gasteiger partial charge in [0.1, 0.15) is 12.0 Å². The lowest BCUT2D eigenvalue weighted by Gasteiger charge is -2.20. The number of ether oxygens (including phenoxy) is 1. The van der Waals surface area contributed by atoms with E-state index in [9.17, 15) is 9.59 Å². The molecular formula is C14H18N2O3. The van der Waals surface area contributed by atoms with Gasteiger partial charge in [0.25, 0.3) is 0 Å². The number of benzene rings is 1. The van der Waals surface area contributed by atoms with Crippen LogP contribution in [0.3, 0.4) is 0 Å². The molecule has 5 heteroatoms. The van der Waals surface area contributed by atoms with E-state index in [1.54, 1.807) is 19.2 Å². The minimum Gasteiger partial charge on any atom is -0.496 e. The summed E-state index contributed by atoms with van der Waals surface area (Å²) in [6.45, 7) is 2.87. The van der Waals surface area contributed by atoms with Gasteiger partial charge in [-0.25, -0.2) is 0 Å². The van der Waals surface area contributed by atoms with Crippen molar-refractivity contribution < 1.29 is 14.3 Å². The molecule has 102 valence electrons. The first-order valence-electron chi connectivity index (χ1n) is 6.34. The van der Waals surface area contributed by atoms with Gasteiger partial charge in [0.05, 0.1) is 7.11 Å². The molecule has 0 spiro atoms. The third-order valence-corrected chi connectivity index (χ3v) is 3.24. The van der Waals surface area contributed by atoms with Gasteiger partial charge in [-0.1, -0.05) is 0 Å². The Hall–Kier alpha value is -1.88. The van der Waals surface area contributed by atoms with E-state index in [2.05, 4.69) is 10.2 Å². The topological polar surface area (TPSA) is 58.6 Å². The summed E-state index contributed by atoms with van der Waals surface area (Å²) in [5.41, 5.74) is 1.61. The maximum absolute atomic E-state index is 11.3. The third kappa shape index (κ3) is 3.54. The summed E-state index contributed by atoms with van der Waals surface area (Å²) in [6.07, 6.45) is 1.34. The first-order valence-corrected chi connectivity index (χ1v) is 6.34. The highest BCUT2D eigenvalue weighted by molar-refractivity contribution is 5.76. The van der Waals surface area contributed by atoms with Crippen LogP contribution >= 0.6 is 0 Å². The third-order valence-electron chi connectivity index (χ3n) is 3.24. The molecule has 1 saturated heterocycles. The van der Waals surface area contributed by atoms with Gasteiger partial charge in [0, 0.05) is 43.7 Å². The zero-order valence-electron chi connectivity index (χ0n) is 11.0. The Bertz CT molecular complexity index is 474. The number of nitrogens with zero attached hydrogens (tertiary/aromatic N) is 1. The van der Waals surface area contributed by atoms with Crippen LogP contribution in [0.5, 0.6) is 5.75 Å². The standard InChI is InChI=1S/C14H18N2O3/c1-19-13-3-2-11(10-17)8-12(13)9-16-6-4-14(18)15-5-7-16/h2-3,8,10H,4-7,9H2,1H3,(H,15,18). The molecule has 0 unspecified atom stereocenters. The van der Waals surface area contributed by atoms with E-state index >= 15 is 0 Å². The van der Waals surface area contributed by atoms with Crippen LogP contribution in [0.25, 0.3) is 0 Å². The fourth-order valence-electron chi connectivity index (χ4n) is 2.21. The van der Waals surface area contributed by atoms with E-state index in [1.165, 1.54) is 0 Å². The van der Waals surface area contributed by atoms with Crippen LogP contribution in [0.2, 0.25) is 0 Å². The number of nitrogens with one attached hydrogen (secondary N) is 1. The normalized spacial score (nSPS) is 16.6. The maximum Gasteiger partial charge on any atom is 0.221 e. The molecule has 1 amide bonds. The van der Waals surface area contributed by atoms with E-state index in [1.807, 2.05) is 6.07 Å². The predicted molar refractivity (Wildman–Crippen MR) is 71.3 cm³/mol. The van der Waals surface area contributed by atoms with Crippen LogP contribution in [0.4, 0.5) is 0 Å². The summed E-state index contributed by atoms with van der Waals surface area (Å²) < 4.78 is 5.31. The van der Waals surface area contributed by atoms with Crippen LogP contribution in [0.1, 0.15) is 22.3 Å². The number of methoxy groups -OCH3 is 1. The average molecular weight is 262 g/mol. The van der Waals surface area contributed by atoms with Gasteiger partial charge in [-0.15, -0.1) is 0 Å². The van der Waals surface area contributed by atoms with Crippen molar-refractivity contribution in [2.45, 2.75) is 13.0 Å². The SMILES string of the molecule is COc1ccc(C=O)cc1CN1CCNC(=O)CC1. The van der Waals surface area contributed by atoms with Gasteiger partial charge >= 0.3 is 0 Å². The van der Waals surface area contributed by atoms with Gasteiger partial charge in [0.15, 0.2) is 0 Å². The zero-order chi connectivity index (χ0) is 13.7. The van der Waals surface area contributed by atoms with Gasteiger partial charge < -0.3 is 10.1 Å². The second-order valence-corrected chi connectivity index (χ2v) is 4.57. The monoisotopic (exact) mass is 262 g/mol. The van der Waals surface area contributed by atoms with E-state index in [0.717, 1.165) is 30.7 Å². The first kappa shape index (κ1) is 13.5. The van der Waals surface area contributed by atoms with Gasteiger partial charge in [-0.05, 0) is 18.2 Å². The average Bonchev–Trinajstić information content (AvgIpc) is 2.63. The molecular weight excluding hydrogens is 244 g/mol. The van der Waals surface area contributed by atoms with Crippen LogP contribution in [0.15, 0.2) is 18.2 Å². The largest absolute Gasteiger partial charge is 0.496 e. The van der Waals surface area contributed by atoms with Crippen molar-refractivity contribution in [3.05, 3.63) is 29.3 Å². The van der Waals surface area contributed by atoms with E-state index < -0.39 is 0 Å². The fraction of sp³-hybridized carbons (Fsp3) is 0.429. The molecule has 0 aromatic heterocycles. The lowest BCUT2D eigenvalue weighted by Crippen LogP contribution is -2.28. The molecule has 1 aromatic rings. The lowest BCUT2D eigenvalue weighted by molar-refractivity contribution is -0.120. The summed E-state index contributed by atoms with van der Waals surface area (Å²) in [4.78, 5) is 24.3. The Morgan fingerprint density at radius 2 is 2.26 bits per heavy atom. The smallest absolute Gasteiger partial charge is 0.221 e. The first-order chi connectivity index (χ1) is 9.22. The number of hydrogen-bond donors (Lipinski definition) is 1. The molecule has 1 N–H and O–H groups in total. The Kier molecular flexibility index (Phi) is 4.52. The summed E-state index contributed by atoms with van der Waals surface area (Å²) in [6, 6.07) is 5.38. The number of carbonyl (C=O) groups excluding carboxylic acids is 2. The van der Waals surface area contributed by atoms with Gasteiger partial charge in [0.2, 0.25) is 5.91 Å². The minimum atomic E-state index is 0.0936. The number of rotatable bonds is 4. The van der Waals surface area contributed by atoms with Crippen molar-refractivity contribution in [2.75, 3.05) is 26.7 Å². The molecule has 1 aliphatic rings. The fourth-order valence-corrected chi connectivity index (χ4v) is 2.21. The number of amides is 1. The molecule has 19 heavy (non-hydrogen) atoms. The molecule has 0 saturated carbocycles. The van der Waals surface area contributed by atoms with Crippen molar-refractivity contribution in [2.24, 2.45) is 0 Å². The van der Waals surface area contributed by atoms with Gasteiger partial charge in [-0.3, -0.25) is 14.5 Å². The van der Waals surface area contributed by atoms with E-state index in [4.69, 9.17) is 4.74 Å². The molecule has 2 rings (SSSR count). The van der Waals surface area contributed by atoms with E-state index in [-0.39, 0.29) is 5.91 Å². The minimum absolute atomic E-state index is 0.0936. The highest BCUT2D eigenvalue weighted by atomic mass is 16.5. The number of carbonyl (C=O) groups is 2. The Morgan fingerprint density at radius 1 is 1.42 bits per heavy atom. The van der Waals surface area contributed by atoms with Crippen molar-refractivity contribution >= 4 is 12.2 Å². The highest BCUT2D eigenvalue weighted by Crippen LogP contribution is 2.21. The molecule has 0 atom stereocenters. The molecule has 1 heterocycles. The number of aldehydes is 1. The Labute approximate surface area is 112 Å². The quantitative estimate of drug-likeness (QED) is 0.817. The maximum atomic E-state index is 11.3. The zero-order valence-corrected chi connectivity index (χ0v) is 11.0. The van der Waals surface area contributed by atoms with Crippen LogP contribution in [-0.4, -0.2) is 43.8 Å². The molecule has 1 aliphatic heterocycles. The van der Waals surface area contributed by atoms with Gasteiger partial charge in [-0.2, -0.15) is 0 Å². The molecule has 0 aliphatic carbocycles. The summed E-state index contributed by atoms with van der Waals surface area (Å²) >= 11 is 0. The Balaban J connectivity index is 2.12. The lowest BCUT2D eigenvalue weighted by atomic mass is 10.1. The van der Waals surface area contributed by atoms with Crippen LogP contribution < -0.4 is 10.1 Å². The summed E-state index contributed by atoms with van der Waals surface area (Å²) in [5.74, 6) is 0.866. The van der Waals surface area contributed by atoms with Crippen LogP contribution in [0, 0.1) is 0 Å².